The average Bonchev–Trinajstić information content (AvgIpc) is 2.84. The van der Waals surface area contributed by atoms with Gasteiger partial charge in [0.05, 0.1) is 0 Å². The van der Waals surface area contributed by atoms with Gasteiger partial charge in [0.25, 0.3) is 6.02 Å². The number of pyridine rings is 1. The van der Waals surface area contributed by atoms with Crippen LogP contribution >= 0.6 is 11.6 Å². The third kappa shape index (κ3) is 1.72. The minimum Gasteiger partial charge on any atom is -0.462 e. The number of rotatable bonds is 0. The molecule has 2 N–H and O–H groups in total. The Kier molecular flexibility index (Phi) is 2.47. The Morgan fingerprint density at radius 3 is 2.81 bits per heavy atom. The lowest BCUT2D eigenvalue weighted by Crippen LogP contribution is -2.33. The highest BCUT2D eigenvalue weighted by Crippen LogP contribution is 2.49. The largest absolute Gasteiger partial charge is 0.462 e. The van der Waals surface area contributed by atoms with Gasteiger partial charge in [-0.1, -0.05) is 29.2 Å². The highest BCUT2D eigenvalue weighted by atomic mass is 35.5. The van der Waals surface area contributed by atoms with E-state index in [0.717, 1.165) is 16.8 Å². The molecule has 1 spiro atoms. The molecule has 2 aliphatic rings. The molecule has 1 aromatic heterocycles. The van der Waals surface area contributed by atoms with E-state index in [0.29, 0.717) is 23.2 Å². The standard InChI is InChI=1S/C14H11BClN3O2/c15-7-1-2-9-8(5-7)14(6-20-13(17)19-14)12-10(21-9)3-4-11(16)18-12/h1-5H,6,15H2,(H2,17,19). The summed E-state index contributed by atoms with van der Waals surface area (Å²) in [6, 6.07) is 9.57. The molecule has 1 aromatic carbocycles. The van der Waals surface area contributed by atoms with Gasteiger partial charge in [0, 0.05) is 5.56 Å². The quantitative estimate of drug-likeness (QED) is 0.574. The van der Waals surface area contributed by atoms with Crippen molar-refractivity contribution in [3.8, 4) is 11.5 Å². The molecule has 2 aliphatic heterocycles. The van der Waals surface area contributed by atoms with Gasteiger partial charge in [0.2, 0.25) is 0 Å². The van der Waals surface area contributed by atoms with Crippen LogP contribution in [0.15, 0.2) is 35.3 Å². The number of nitrogens with zero attached hydrogens (tertiary/aromatic N) is 2. The Morgan fingerprint density at radius 2 is 2.05 bits per heavy atom. The fraction of sp³-hybridized carbons (Fsp3) is 0.143. The first-order chi connectivity index (χ1) is 10.1. The van der Waals surface area contributed by atoms with Gasteiger partial charge in [0.15, 0.2) is 11.3 Å². The van der Waals surface area contributed by atoms with Crippen LogP contribution in [0.1, 0.15) is 11.3 Å². The van der Waals surface area contributed by atoms with E-state index >= 15 is 0 Å². The normalized spacial score (nSPS) is 22.0. The Balaban J connectivity index is 2.05. The smallest absolute Gasteiger partial charge is 0.283 e. The van der Waals surface area contributed by atoms with Crippen LogP contribution in [0.3, 0.4) is 0 Å². The van der Waals surface area contributed by atoms with Crippen molar-refractivity contribution in [2.75, 3.05) is 6.61 Å². The van der Waals surface area contributed by atoms with E-state index in [4.69, 9.17) is 26.8 Å². The number of aromatic nitrogens is 1. The van der Waals surface area contributed by atoms with Crippen molar-refractivity contribution in [3.63, 3.8) is 0 Å². The highest BCUT2D eigenvalue weighted by molar-refractivity contribution is 6.32. The number of halogens is 1. The van der Waals surface area contributed by atoms with Crippen molar-refractivity contribution in [3.05, 3.63) is 46.7 Å². The predicted molar refractivity (Wildman–Crippen MR) is 82.3 cm³/mol. The molecular weight excluding hydrogens is 288 g/mol. The Labute approximate surface area is 127 Å². The second-order valence-electron chi connectivity index (χ2n) is 5.18. The fourth-order valence-corrected chi connectivity index (χ4v) is 2.94. The van der Waals surface area contributed by atoms with Crippen molar-refractivity contribution in [2.24, 2.45) is 10.7 Å². The molecule has 0 aliphatic carbocycles. The van der Waals surface area contributed by atoms with Crippen molar-refractivity contribution in [2.45, 2.75) is 5.54 Å². The molecule has 2 aromatic rings. The van der Waals surface area contributed by atoms with Crippen molar-refractivity contribution in [1.82, 2.24) is 4.98 Å². The highest BCUT2D eigenvalue weighted by Gasteiger charge is 2.48. The molecule has 7 heteroatoms. The van der Waals surface area contributed by atoms with Crippen LogP contribution in [0.25, 0.3) is 0 Å². The molecule has 104 valence electrons. The van der Waals surface area contributed by atoms with E-state index in [1.807, 2.05) is 26.0 Å². The number of fused-ring (bicyclic) bond motifs is 4. The van der Waals surface area contributed by atoms with Gasteiger partial charge >= 0.3 is 0 Å². The van der Waals surface area contributed by atoms with E-state index in [2.05, 4.69) is 9.98 Å². The molecule has 0 amide bonds. The summed E-state index contributed by atoms with van der Waals surface area (Å²) in [6.07, 6.45) is 0. The average molecular weight is 300 g/mol. The lowest BCUT2D eigenvalue weighted by Gasteiger charge is -2.32. The van der Waals surface area contributed by atoms with Crippen LogP contribution in [0.4, 0.5) is 0 Å². The second-order valence-corrected chi connectivity index (χ2v) is 5.57. The predicted octanol–water partition coefficient (Wildman–Crippen LogP) is 0.688. The van der Waals surface area contributed by atoms with Crippen molar-refractivity contribution < 1.29 is 9.47 Å². The Bertz CT molecular complexity index is 742. The van der Waals surface area contributed by atoms with Crippen LogP contribution in [-0.4, -0.2) is 25.5 Å². The van der Waals surface area contributed by atoms with Gasteiger partial charge in [-0.25, -0.2) is 9.98 Å². The van der Waals surface area contributed by atoms with Gasteiger partial charge in [-0.3, -0.25) is 0 Å². The van der Waals surface area contributed by atoms with E-state index in [1.165, 1.54) is 0 Å². The molecule has 0 saturated carbocycles. The number of hydrogen-bond donors (Lipinski definition) is 1. The zero-order chi connectivity index (χ0) is 14.6. The van der Waals surface area contributed by atoms with Gasteiger partial charge < -0.3 is 15.2 Å². The lowest BCUT2D eigenvalue weighted by molar-refractivity contribution is 0.260. The summed E-state index contributed by atoms with van der Waals surface area (Å²) in [5.41, 5.74) is 7.60. The van der Waals surface area contributed by atoms with Crippen LogP contribution in [-0.2, 0) is 10.3 Å². The number of ether oxygens (including phenoxy) is 2. The number of hydrogen-bond acceptors (Lipinski definition) is 5. The van der Waals surface area contributed by atoms with Gasteiger partial charge in [0.1, 0.15) is 31.0 Å². The summed E-state index contributed by atoms with van der Waals surface area (Å²) in [4.78, 5) is 8.93. The lowest BCUT2D eigenvalue weighted by atomic mass is 9.81. The molecule has 5 nitrogen and oxygen atoms in total. The molecule has 21 heavy (non-hydrogen) atoms. The maximum absolute atomic E-state index is 6.05. The summed E-state index contributed by atoms with van der Waals surface area (Å²) in [5, 5.41) is 0.383. The first-order valence-corrected chi connectivity index (χ1v) is 6.90. The molecular formula is C14H11BClN3O2. The van der Waals surface area contributed by atoms with Crippen molar-refractivity contribution >= 4 is 30.9 Å². The van der Waals surface area contributed by atoms with E-state index < -0.39 is 5.54 Å². The third-order valence-electron chi connectivity index (χ3n) is 3.75. The number of benzene rings is 1. The third-order valence-corrected chi connectivity index (χ3v) is 3.96. The fourth-order valence-electron chi connectivity index (χ4n) is 2.79. The molecule has 3 heterocycles. The number of amidine groups is 1. The number of nitrogens with two attached hydrogens (primary N) is 1. The monoisotopic (exact) mass is 299 g/mol. The molecule has 0 fully saturated rings. The van der Waals surface area contributed by atoms with E-state index in [1.54, 1.807) is 12.1 Å². The van der Waals surface area contributed by atoms with Crippen molar-refractivity contribution in [1.29, 1.82) is 0 Å². The first kappa shape index (κ1) is 12.5. The van der Waals surface area contributed by atoms with Crippen LogP contribution < -0.4 is 15.9 Å². The zero-order valence-corrected chi connectivity index (χ0v) is 12.0. The molecule has 0 bridgehead atoms. The summed E-state index contributed by atoms with van der Waals surface area (Å²) in [7, 11) is 2.01. The summed E-state index contributed by atoms with van der Waals surface area (Å²) < 4.78 is 11.4. The Morgan fingerprint density at radius 1 is 1.24 bits per heavy atom. The van der Waals surface area contributed by atoms with Crippen LogP contribution in [0, 0.1) is 0 Å². The molecule has 0 radical (unpaired) electrons. The van der Waals surface area contributed by atoms with Crippen LogP contribution in [0.5, 0.6) is 11.5 Å². The van der Waals surface area contributed by atoms with Crippen LogP contribution in [0.2, 0.25) is 5.15 Å². The summed E-state index contributed by atoms with van der Waals surface area (Å²) in [6.45, 7) is 0.291. The zero-order valence-electron chi connectivity index (χ0n) is 11.3. The first-order valence-electron chi connectivity index (χ1n) is 6.53. The molecule has 0 saturated heterocycles. The minimum absolute atomic E-state index is 0.150. The number of aliphatic imine (C=N–C) groups is 1. The van der Waals surface area contributed by atoms with Gasteiger partial charge in [-0.2, -0.15) is 0 Å². The Hall–Kier alpha value is -2.21. The van der Waals surface area contributed by atoms with E-state index in [-0.39, 0.29) is 6.02 Å². The maximum Gasteiger partial charge on any atom is 0.283 e. The SMILES string of the molecule is Bc1ccc2c(c1)C1(COC(N)=N1)c1nc(Cl)ccc1O2. The summed E-state index contributed by atoms with van der Waals surface area (Å²) in [5.74, 6) is 1.36. The van der Waals surface area contributed by atoms with E-state index in [9.17, 15) is 0 Å². The van der Waals surface area contributed by atoms with Gasteiger partial charge in [-0.15, -0.1) is 0 Å². The molecule has 1 atom stereocenters. The molecule has 4 rings (SSSR count). The topological polar surface area (TPSA) is 69.7 Å². The molecule has 1 unspecified atom stereocenters. The van der Waals surface area contributed by atoms with Gasteiger partial charge in [-0.05, 0) is 18.2 Å². The second kappa shape index (κ2) is 4.15. The minimum atomic E-state index is -0.788. The summed E-state index contributed by atoms with van der Waals surface area (Å²) >= 11 is 6.05. The maximum atomic E-state index is 6.05.